The molecule has 0 aliphatic carbocycles. The number of carbonyl (C=O) groups excluding carboxylic acids is 1. The lowest BCUT2D eigenvalue weighted by Crippen LogP contribution is -2.19. The van der Waals surface area contributed by atoms with Crippen LogP contribution < -0.4 is 11.1 Å². The lowest BCUT2D eigenvalue weighted by Gasteiger charge is -2.07. The van der Waals surface area contributed by atoms with Gasteiger partial charge in [-0.3, -0.25) is 9.89 Å². The largest absolute Gasteiger partial charge is 0.507 e. The topological polar surface area (TPSA) is 137 Å². The van der Waals surface area contributed by atoms with Crippen LogP contribution in [0, 0.1) is 5.82 Å². The van der Waals surface area contributed by atoms with Crippen LogP contribution in [0.25, 0.3) is 0 Å². The van der Waals surface area contributed by atoms with Gasteiger partial charge in [-0.25, -0.2) is 4.39 Å². The second kappa shape index (κ2) is 5.26. The minimum absolute atomic E-state index is 0.00736. The molecule has 0 atom stereocenters. The first-order chi connectivity index (χ1) is 9.54. The van der Waals surface area contributed by atoms with Crippen molar-refractivity contribution in [1.82, 2.24) is 10.2 Å². The minimum Gasteiger partial charge on any atom is -0.507 e. The number of H-pyrrole nitrogens is 1. The number of halogens is 1. The van der Waals surface area contributed by atoms with Crippen LogP contribution in [0.1, 0.15) is 15.9 Å². The highest BCUT2D eigenvalue weighted by Crippen LogP contribution is 2.21. The summed E-state index contributed by atoms with van der Waals surface area (Å²) in [4.78, 5) is 11.9. The van der Waals surface area contributed by atoms with Crippen LogP contribution in [0.3, 0.4) is 0 Å². The van der Waals surface area contributed by atoms with Crippen LogP contribution >= 0.6 is 0 Å². The molecule has 0 aliphatic rings. The summed E-state index contributed by atoms with van der Waals surface area (Å²) in [5.41, 5.74) is 4.98. The second-order valence-corrected chi connectivity index (χ2v) is 3.73. The summed E-state index contributed by atoms with van der Waals surface area (Å²) in [5, 5.41) is 29.1. The Bertz CT molecular complexity index is 662. The number of nitrogens with one attached hydrogen (secondary N) is 2. The first kappa shape index (κ1) is 13.3. The fourth-order valence-corrected chi connectivity index (χ4v) is 1.54. The molecule has 2 rings (SSSR count). The molecule has 1 heterocycles. The van der Waals surface area contributed by atoms with E-state index in [2.05, 4.69) is 20.7 Å². The average Bonchev–Trinajstić information content (AvgIpc) is 2.85. The molecule has 0 radical (unpaired) electrons. The van der Waals surface area contributed by atoms with Gasteiger partial charge in [0.15, 0.2) is 5.84 Å². The van der Waals surface area contributed by atoms with Gasteiger partial charge < -0.3 is 21.4 Å². The number of amides is 1. The molecule has 9 heteroatoms. The number of rotatable bonds is 3. The molecule has 104 valence electrons. The van der Waals surface area contributed by atoms with Crippen LogP contribution in [-0.2, 0) is 0 Å². The zero-order valence-corrected chi connectivity index (χ0v) is 9.96. The second-order valence-electron chi connectivity index (χ2n) is 3.73. The molecule has 8 nitrogen and oxygen atoms in total. The number of amidine groups is 1. The molecule has 0 saturated heterocycles. The maximum Gasteiger partial charge on any atom is 0.263 e. The van der Waals surface area contributed by atoms with Gasteiger partial charge in [0, 0.05) is 0 Å². The Hall–Kier alpha value is -3.10. The number of nitrogens with zero attached hydrogens (tertiary/aromatic N) is 2. The van der Waals surface area contributed by atoms with Crippen molar-refractivity contribution in [2.75, 3.05) is 5.32 Å². The smallest absolute Gasteiger partial charge is 0.263 e. The number of hydrogen-bond acceptors (Lipinski definition) is 5. The highest BCUT2D eigenvalue weighted by atomic mass is 19.1. The van der Waals surface area contributed by atoms with Gasteiger partial charge in [0.05, 0.1) is 11.8 Å². The Kier molecular flexibility index (Phi) is 3.51. The normalized spacial score (nSPS) is 11.3. The van der Waals surface area contributed by atoms with E-state index in [0.29, 0.717) is 0 Å². The van der Waals surface area contributed by atoms with Crippen LogP contribution in [0.15, 0.2) is 29.6 Å². The number of phenolic OH excluding ortho intramolecular Hbond substituents is 1. The van der Waals surface area contributed by atoms with Crippen molar-refractivity contribution in [3.05, 3.63) is 41.3 Å². The molecule has 0 spiro atoms. The van der Waals surface area contributed by atoms with E-state index in [-0.39, 0.29) is 17.2 Å². The van der Waals surface area contributed by atoms with Crippen molar-refractivity contribution in [3.63, 3.8) is 0 Å². The summed E-state index contributed by atoms with van der Waals surface area (Å²) in [6.45, 7) is 0. The molecule has 1 aromatic carbocycles. The Morgan fingerprint density at radius 3 is 2.90 bits per heavy atom. The van der Waals surface area contributed by atoms with E-state index < -0.39 is 23.0 Å². The molecule has 1 amide bonds. The molecule has 20 heavy (non-hydrogen) atoms. The molecule has 0 unspecified atom stereocenters. The zero-order valence-electron chi connectivity index (χ0n) is 9.96. The minimum atomic E-state index is -0.906. The maximum absolute atomic E-state index is 13.5. The molecule has 0 fully saturated rings. The fourth-order valence-electron chi connectivity index (χ4n) is 1.54. The molecule has 0 saturated carbocycles. The molecule has 6 N–H and O–H groups in total. The van der Waals surface area contributed by atoms with Crippen LogP contribution in [0.5, 0.6) is 5.75 Å². The number of aromatic nitrogens is 2. The Balaban J connectivity index is 2.32. The summed E-state index contributed by atoms with van der Waals surface area (Å²) in [6.07, 6.45) is 1.21. The van der Waals surface area contributed by atoms with E-state index in [4.69, 9.17) is 10.9 Å². The lowest BCUT2D eigenvalue weighted by atomic mass is 10.1. The van der Waals surface area contributed by atoms with E-state index in [1.54, 1.807) is 0 Å². The number of carbonyl (C=O) groups is 1. The third kappa shape index (κ3) is 2.36. The average molecular weight is 279 g/mol. The third-order valence-electron chi connectivity index (χ3n) is 2.48. The molecule has 1 aromatic heterocycles. The number of nitrogens with two attached hydrogens (primary N) is 1. The van der Waals surface area contributed by atoms with E-state index in [9.17, 15) is 14.3 Å². The Morgan fingerprint density at radius 1 is 1.50 bits per heavy atom. The van der Waals surface area contributed by atoms with Gasteiger partial charge in [-0.05, 0) is 12.1 Å². The molecular formula is C11H10FN5O3. The fraction of sp³-hybridized carbons (Fsp3) is 0. The zero-order chi connectivity index (χ0) is 14.7. The predicted molar refractivity (Wildman–Crippen MR) is 67.1 cm³/mol. The van der Waals surface area contributed by atoms with Crippen LogP contribution in [0.4, 0.5) is 10.2 Å². The standard InChI is InChI=1S/C11H10FN5O3/c12-6-2-1-3-7(18)8(6)11(19)15-10-5(4-14-16-10)9(13)17-20/h1-4,18,20H,(H2,13,17)(H2,14,15,16,19). The molecule has 0 bridgehead atoms. The third-order valence-corrected chi connectivity index (χ3v) is 2.48. The number of oxime groups is 1. The van der Waals surface area contributed by atoms with E-state index in [1.807, 2.05) is 0 Å². The molecule has 2 aromatic rings. The van der Waals surface area contributed by atoms with Gasteiger partial charge in [0.2, 0.25) is 0 Å². The van der Waals surface area contributed by atoms with Gasteiger partial charge in [0.1, 0.15) is 22.9 Å². The van der Waals surface area contributed by atoms with Gasteiger partial charge in [-0.2, -0.15) is 5.10 Å². The summed E-state index contributed by atoms with van der Waals surface area (Å²) in [7, 11) is 0. The Labute approximate surface area is 111 Å². The summed E-state index contributed by atoms with van der Waals surface area (Å²) < 4.78 is 13.5. The quantitative estimate of drug-likeness (QED) is 0.242. The lowest BCUT2D eigenvalue weighted by molar-refractivity contribution is 0.102. The van der Waals surface area contributed by atoms with Crippen molar-refractivity contribution >= 4 is 17.6 Å². The molecule has 0 aliphatic heterocycles. The van der Waals surface area contributed by atoms with Crippen LogP contribution in [-0.4, -0.2) is 32.3 Å². The summed E-state index contributed by atoms with van der Waals surface area (Å²) in [5.74, 6) is -2.57. The monoisotopic (exact) mass is 279 g/mol. The highest BCUT2D eigenvalue weighted by Gasteiger charge is 2.19. The Morgan fingerprint density at radius 2 is 2.25 bits per heavy atom. The van der Waals surface area contributed by atoms with Gasteiger partial charge >= 0.3 is 0 Å². The number of benzene rings is 1. The molecular weight excluding hydrogens is 269 g/mol. The number of aromatic amines is 1. The summed E-state index contributed by atoms with van der Waals surface area (Å²) in [6, 6.07) is 3.47. The van der Waals surface area contributed by atoms with Crippen LogP contribution in [0.2, 0.25) is 0 Å². The predicted octanol–water partition coefficient (Wildman–Crippen LogP) is 0.601. The number of anilines is 1. The van der Waals surface area contributed by atoms with Crippen molar-refractivity contribution in [3.8, 4) is 5.75 Å². The van der Waals surface area contributed by atoms with Gasteiger partial charge in [-0.15, -0.1) is 0 Å². The van der Waals surface area contributed by atoms with E-state index in [1.165, 1.54) is 18.3 Å². The van der Waals surface area contributed by atoms with Crippen molar-refractivity contribution in [2.24, 2.45) is 10.9 Å². The van der Waals surface area contributed by atoms with Gasteiger partial charge in [0.25, 0.3) is 5.91 Å². The van der Waals surface area contributed by atoms with Crippen molar-refractivity contribution in [1.29, 1.82) is 0 Å². The van der Waals surface area contributed by atoms with Crippen molar-refractivity contribution < 1.29 is 19.5 Å². The van der Waals surface area contributed by atoms with Gasteiger partial charge in [-0.1, -0.05) is 11.2 Å². The first-order valence-electron chi connectivity index (χ1n) is 5.34. The number of phenols is 1. The highest BCUT2D eigenvalue weighted by molar-refractivity contribution is 6.10. The van der Waals surface area contributed by atoms with Crippen molar-refractivity contribution in [2.45, 2.75) is 0 Å². The first-order valence-corrected chi connectivity index (χ1v) is 5.34. The summed E-state index contributed by atoms with van der Waals surface area (Å²) >= 11 is 0. The number of hydrogen-bond donors (Lipinski definition) is 5. The SMILES string of the molecule is N/C(=N/O)c1cn[nH]c1NC(=O)c1c(O)cccc1F. The maximum atomic E-state index is 13.5. The number of aromatic hydroxyl groups is 1. The van der Waals surface area contributed by atoms with E-state index >= 15 is 0 Å². The van der Waals surface area contributed by atoms with E-state index in [0.717, 1.165) is 6.07 Å².